The Hall–Kier alpha value is 1.19. The molecule has 0 aliphatic heterocycles. The van der Waals surface area contributed by atoms with Gasteiger partial charge in [-0.2, -0.15) is 4.33 Å². The van der Waals surface area contributed by atoms with Crippen molar-refractivity contribution in [2.24, 2.45) is 0 Å². The molecule has 0 saturated carbocycles. The summed E-state index contributed by atoms with van der Waals surface area (Å²) in [7, 11) is 0. The second-order valence-electron chi connectivity index (χ2n) is 2.96. The van der Waals surface area contributed by atoms with E-state index in [0.29, 0.717) is 12.4 Å². The zero-order chi connectivity index (χ0) is 10.2. The molecule has 14 heavy (non-hydrogen) atoms. The molecule has 0 aromatic rings. The summed E-state index contributed by atoms with van der Waals surface area (Å²) in [5.74, 6) is 0.595. The standard InChI is InChI=1S/C8H18O4S.Na/c1-4-8(3,5-2)10-6-7-13-12-11-9;/h9H,4-7H2,1-3H3;/q;+1/p-1. The third-order valence-electron chi connectivity index (χ3n) is 2.19. The molecule has 0 aliphatic carbocycles. The fraction of sp³-hybridized carbons (Fsp3) is 1.00. The van der Waals surface area contributed by atoms with E-state index < -0.39 is 0 Å². The molecule has 0 amide bonds. The number of hydrogen-bond acceptors (Lipinski definition) is 5. The van der Waals surface area contributed by atoms with Crippen molar-refractivity contribution < 1.29 is 48.9 Å². The molecule has 0 N–H and O–H groups in total. The predicted molar refractivity (Wildman–Crippen MR) is 49.6 cm³/mol. The normalized spacial score (nSPS) is 11.1. The van der Waals surface area contributed by atoms with Gasteiger partial charge in [-0.05, 0) is 19.8 Å². The van der Waals surface area contributed by atoms with Gasteiger partial charge in [-0.3, -0.25) is 5.04 Å². The summed E-state index contributed by atoms with van der Waals surface area (Å²) in [5.41, 5.74) is -0.0567. The minimum atomic E-state index is -0.0567. The van der Waals surface area contributed by atoms with Crippen LogP contribution < -0.4 is 34.8 Å². The zero-order valence-corrected chi connectivity index (χ0v) is 12.2. The van der Waals surface area contributed by atoms with Crippen LogP contribution in [0.1, 0.15) is 33.6 Å². The van der Waals surface area contributed by atoms with Gasteiger partial charge < -0.3 is 9.99 Å². The topological polar surface area (TPSA) is 50.8 Å². The molecule has 0 saturated heterocycles. The quantitative estimate of drug-likeness (QED) is 0.167. The van der Waals surface area contributed by atoms with E-state index in [0.717, 1.165) is 24.9 Å². The van der Waals surface area contributed by atoms with Gasteiger partial charge in [0.15, 0.2) is 0 Å². The van der Waals surface area contributed by atoms with Gasteiger partial charge in [0.25, 0.3) is 0 Å². The van der Waals surface area contributed by atoms with Crippen LogP contribution >= 0.6 is 12.0 Å². The van der Waals surface area contributed by atoms with E-state index in [1.807, 2.05) is 0 Å². The van der Waals surface area contributed by atoms with E-state index in [9.17, 15) is 5.26 Å². The minimum absolute atomic E-state index is 0. The molecular weight excluding hydrogens is 215 g/mol. The van der Waals surface area contributed by atoms with Gasteiger partial charge in [0, 0.05) is 17.8 Å². The molecule has 0 unspecified atom stereocenters. The second kappa shape index (κ2) is 10.7. The van der Waals surface area contributed by atoms with E-state index >= 15 is 0 Å². The minimum Gasteiger partial charge on any atom is -0.691 e. The van der Waals surface area contributed by atoms with Crippen LogP contribution in [0.5, 0.6) is 0 Å². The predicted octanol–water partition coefficient (Wildman–Crippen LogP) is -1.54. The van der Waals surface area contributed by atoms with Gasteiger partial charge >= 0.3 is 29.6 Å². The Bertz CT molecular complexity index is 122. The fourth-order valence-corrected chi connectivity index (χ4v) is 1.09. The van der Waals surface area contributed by atoms with E-state index in [1.165, 1.54) is 0 Å². The SMILES string of the molecule is CCC(C)(CC)OCCSOO[O-].[Na+]. The molecule has 4 nitrogen and oxygen atoms in total. The van der Waals surface area contributed by atoms with Gasteiger partial charge in [-0.25, -0.2) is 0 Å². The summed E-state index contributed by atoms with van der Waals surface area (Å²) in [5, 5.41) is 12.6. The summed E-state index contributed by atoms with van der Waals surface area (Å²) in [4.78, 5) is 0. The van der Waals surface area contributed by atoms with Crippen molar-refractivity contribution in [1.82, 2.24) is 0 Å². The van der Waals surface area contributed by atoms with Gasteiger partial charge in [-0.1, -0.05) is 13.8 Å². The molecule has 0 fully saturated rings. The van der Waals surface area contributed by atoms with Crippen molar-refractivity contribution in [1.29, 1.82) is 0 Å². The molecule has 0 rings (SSSR count). The summed E-state index contributed by atoms with van der Waals surface area (Å²) in [6.45, 7) is 6.82. The number of hydrogen-bond donors (Lipinski definition) is 0. The maximum atomic E-state index is 9.42. The Morgan fingerprint density at radius 3 is 2.29 bits per heavy atom. The van der Waals surface area contributed by atoms with Crippen molar-refractivity contribution in [3.63, 3.8) is 0 Å². The summed E-state index contributed by atoms with van der Waals surface area (Å²) in [6, 6.07) is 0. The van der Waals surface area contributed by atoms with Crippen LogP contribution in [0.15, 0.2) is 0 Å². The zero-order valence-electron chi connectivity index (χ0n) is 9.37. The number of rotatable bonds is 8. The Balaban J connectivity index is 0. The Morgan fingerprint density at radius 2 is 1.86 bits per heavy atom. The average molecular weight is 232 g/mol. The smallest absolute Gasteiger partial charge is 0.691 e. The van der Waals surface area contributed by atoms with Crippen molar-refractivity contribution >= 4 is 12.0 Å². The monoisotopic (exact) mass is 232 g/mol. The van der Waals surface area contributed by atoms with Gasteiger partial charge in [0.05, 0.1) is 12.2 Å². The molecule has 0 spiro atoms. The van der Waals surface area contributed by atoms with E-state index in [2.05, 4.69) is 30.1 Å². The first-order chi connectivity index (χ1) is 6.18. The summed E-state index contributed by atoms with van der Waals surface area (Å²) in [6.07, 6.45) is 1.96. The van der Waals surface area contributed by atoms with Crippen molar-refractivity contribution in [2.75, 3.05) is 12.4 Å². The van der Waals surface area contributed by atoms with Crippen molar-refractivity contribution in [2.45, 2.75) is 39.2 Å². The fourth-order valence-electron chi connectivity index (χ4n) is 0.830. The van der Waals surface area contributed by atoms with Crippen LogP contribution in [-0.4, -0.2) is 18.0 Å². The van der Waals surface area contributed by atoms with Gasteiger partial charge in [0.2, 0.25) is 0 Å². The number of ether oxygens (including phenoxy) is 1. The Kier molecular flexibility index (Phi) is 13.4. The molecule has 0 atom stereocenters. The van der Waals surface area contributed by atoms with E-state index in [1.54, 1.807) is 0 Å². The molecular formula is C8H17NaO4S. The molecule has 0 aliphatic rings. The molecule has 80 valence electrons. The van der Waals surface area contributed by atoms with Gasteiger partial charge in [-0.15, -0.1) is 0 Å². The third-order valence-corrected chi connectivity index (χ3v) is 2.67. The van der Waals surface area contributed by atoms with Crippen LogP contribution in [-0.2, 0) is 14.1 Å². The molecule has 0 aromatic heterocycles. The molecule has 0 aromatic carbocycles. The largest absolute Gasteiger partial charge is 1.00 e. The third kappa shape index (κ3) is 8.49. The summed E-state index contributed by atoms with van der Waals surface area (Å²) < 4.78 is 9.71. The molecule has 6 heteroatoms. The Morgan fingerprint density at radius 1 is 1.29 bits per heavy atom. The van der Waals surface area contributed by atoms with Crippen LogP contribution in [0, 0.1) is 0 Å². The first kappa shape index (κ1) is 17.6. The Labute approximate surface area is 112 Å². The maximum absolute atomic E-state index is 9.42. The second-order valence-corrected chi connectivity index (χ2v) is 3.74. The first-order valence-corrected chi connectivity index (χ1v) is 5.31. The molecule has 0 bridgehead atoms. The average Bonchev–Trinajstić information content (AvgIpc) is 2.17. The maximum Gasteiger partial charge on any atom is 1.00 e. The van der Waals surface area contributed by atoms with Crippen molar-refractivity contribution in [3.05, 3.63) is 0 Å². The molecule has 0 heterocycles. The van der Waals surface area contributed by atoms with Crippen LogP contribution in [0.4, 0.5) is 0 Å². The van der Waals surface area contributed by atoms with Crippen LogP contribution in [0.25, 0.3) is 0 Å². The van der Waals surface area contributed by atoms with Crippen LogP contribution in [0.3, 0.4) is 0 Å². The van der Waals surface area contributed by atoms with Crippen LogP contribution in [0.2, 0.25) is 0 Å². The summed E-state index contributed by atoms with van der Waals surface area (Å²) >= 11 is 0.955. The van der Waals surface area contributed by atoms with Gasteiger partial charge in [0.1, 0.15) is 0 Å². The molecule has 0 radical (unpaired) electrons. The van der Waals surface area contributed by atoms with E-state index in [4.69, 9.17) is 4.74 Å². The van der Waals surface area contributed by atoms with Crippen molar-refractivity contribution in [3.8, 4) is 0 Å². The van der Waals surface area contributed by atoms with E-state index in [-0.39, 0.29) is 35.2 Å². The first-order valence-electron chi connectivity index (χ1n) is 4.40.